The fourth-order valence-electron chi connectivity index (χ4n) is 4.50. The number of allylic oxidation sites excluding steroid dienone is 3. The van der Waals surface area contributed by atoms with Crippen LogP contribution >= 0.6 is 11.6 Å². The summed E-state index contributed by atoms with van der Waals surface area (Å²) in [6.07, 6.45) is 12.0. The van der Waals surface area contributed by atoms with Crippen molar-refractivity contribution in [3.63, 3.8) is 0 Å². The summed E-state index contributed by atoms with van der Waals surface area (Å²) in [6.45, 7) is 6.52. The van der Waals surface area contributed by atoms with Crippen LogP contribution in [0, 0.1) is 0 Å². The fourth-order valence-corrected chi connectivity index (χ4v) is 4.75. The molecular weight excluding hydrogens is 356 g/mol. The van der Waals surface area contributed by atoms with E-state index in [0.717, 1.165) is 41.5 Å². The van der Waals surface area contributed by atoms with E-state index >= 15 is 0 Å². The molecule has 1 aliphatic carbocycles. The van der Waals surface area contributed by atoms with Crippen molar-refractivity contribution in [2.45, 2.75) is 50.7 Å². The molecule has 0 aromatic heterocycles. The number of likely N-dealkylation sites (N-methyl/N-ethyl adjacent to an activating group) is 1. The predicted molar refractivity (Wildman–Crippen MR) is 113 cm³/mol. The summed E-state index contributed by atoms with van der Waals surface area (Å²) >= 11 is 6.21. The topological polar surface area (TPSA) is 15.7 Å². The van der Waals surface area contributed by atoms with Crippen molar-refractivity contribution in [1.82, 2.24) is 9.80 Å². The average Bonchev–Trinajstić information content (AvgIpc) is 3.21. The van der Waals surface area contributed by atoms with Crippen molar-refractivity contribution in [3.05, 3.63) is 59.4 Å². The maximum Gasteiger partial charge on any atom is 0.119 e. The molecule has 144 valence electrons. The highest BCUT2D eigenvalue weighted by Crippen LogP contribution is 2.32. The molecule has 0 atom stereocenters. The van der Waals surface area contributed by atoms with Crippen LogP contribution in [0.3, 0.4) is 0 Å². The molecule has 1 saturated carbocycles. The van der Waals surface area contributed by atoms with E-state index in [4.69, 9.17) is 16.3 Å². The Bertz CT molecular complexity index is 738. The summed E-state index contributed by atoms with van der Waals surface area (Å²) in [5.41, 5.74) is 3.12. The first-order valence-corrected chi connectivity index (χ1v) is 10.5. The van der Waals surface area contributed by atoms with Gasteiger partial charge in [-0.1, -0.05) is 43.2 Å². The van der Waals surface area contributed by atoms with Gasteiger partial charge in [-0.25, -0.2) is 0 Å². The molecule has 4 heteroatoms. The maximum absolute atomic E-state index is 6.26. The van der Waals surface area contributed by atoms with Gasteiger partial charge in [0.1, 0.15) is 11.9 Å². The Morgan fingerprint density at radius 1 is 1.04 bits per heavy atom. The number of rotatable bonds is 4. The van der Waals surface area contributed by atoms with Gasteiger partial charge in [-0.2, -0.15) is 0 Å². The van der Waals surface area contributed by atoms with Crippen LogP contribution in [-0.4, -0.2) is 42.1 Å². The van der Waals surface area contributed by atoms with Crippen LogP contribution in [0.2, 0.25) is 0 Å². The summed E-state index contributed by atoms with van der Waals surface area (Å²) in [4.78, 5) is 4.64. The molecule has 2 fully saturated rings. The Balaban J connectivity index is 1.35. The Labute approximate surface area is 167 Å². The molecule has 1 aromatic carbocycles. The van der Waals surface area contributed by atoms with Crippen LogP contribution in [0.1, 0.15) is 44.1 Å². The molecule has 0 N–H and O–H groups in total. The molecule has 3 nitrogen and oxygen atoms in total. The zero-order valence-corrected chi connectivity index (χ0v) is 16.9. The second-order valence-corrected chi connectivity index (χ2v) is 8.38. The van der Waals surface area contributed by atoms with Crippen LogP contribution in [0.5, 0.6) is 5.75 Å². The van der Waals surface area contributed by atoms with Crippen molar-refractivity contribution in [3.8, 4) is 5.75 Å². The number of ether oxygens (including phenoxy) is 1. The van der Waals surface area contributed by atoms with Gasteiger partial charge >= 0.3 is 0 Å². The van der Waals surface area contributed by atoms with Gasteiger partial charge in [-0.3, -0.25) is 0 Å². The van der Waals surface area contributed by atoms with Gasteiger partial charge in [0.25, 0.3) is 0 Å². The highest BCUT2D eigenvalue weighted by Gasteiger charge is 2.27. The van der Waals surface area contributed by atoms with Crippen LogP contribution in [0.25, 0.3) is 5.57 Å². The van der Waals surface area contributed by atoms with E-state index in [2.05, 4.69) is 35.7 Å². The van der Waals surface area contributed by atoms with Crippen molar-refractivity contribution in [2.24, 2.45) is 0 Å². The third-order valence-electron chi connectivity index (χ3n) is 6.12. The number of benzene rings is 1. The number of hydrogen-bond donors (Lipinski definition) is 0. The van der Waals surface area contributed by atoms with Crippen molar-refractivity contribution < 1.29 is 4.74 Å². The van der Waals surface area contributed by atoms with Gasteiger partial charge < -0.3 is 14.5 Å². The van der Waals surface area contributed by atoms with Crippen molar-refractivity contribution in [1.29, 1.82) is 0 Å². The summed E-state index contributed by atoms with van der Waals surface area (Å²) < 4.78 is 6.26. The van der Waals surface area contributed by atoms with Gasteiger partial charge in [0.05, 0.1) is 5.03 Å². The smallest absolute Gasteiger partial charge is 0.119 e. The van der Waals surface area contributed by atoms with Gasteiger partial charge in [-0.05, 0) is 49.5 Å². The molecule has 27 heavy (non-hydrogen) atoms. The summed E-state index contributed by atoms with van der Waals surface area (Å²) in [7, 11) is 1.97. The zero-order chi connectivity index (χ0) is 18.8. The molecule has 2 heterocycles. The molecular formula is C23H29ClN2O. The first kappa shape index (κ1) is 18.6. The summed E-state index contributed by atoms with van der Waals surface area (Å²) in [5, 5.41) is 0.717. The van der Waals surface area contributed by atoms with Gasteiger partial charge in [0.2, 0.25) is 0 Å². The lowest BCUT2D eigenvalue weighted by Gasteiger charge is -2.36. The molecule has 0 radical (unpaired) electrons. The number of hydrogen-bond acceptors (Lipinski definition) is 3. The first-order valence-electron chi connectivity index (χ1n) is 10.1. The van der Waals surface area contributed by atoms with Crippen molar-refractivity contribution in [2.75, 3.05) is 20.1 Å². The third kappa shape index (κ3) is 4.25. The molecule has 0 bridgehead atoms. The Hall–Kier alpha value is -1.71. The zero-order valence-electron chi connectivity index (χ0n) is 16.2. The molecule has 3 aliphatic rings. The maximum atomic E-state index is 6.26. The molecule has 0 unspecified atom stereocenters. The number of piperidine rings is 1. The van der Waals surface area contributed by atoms with Crippen LogP contribution in [0.15, 0.2) is 53.8 Å². The fraction of sp³-hybridized carbons (Fsp3) is 0.478. The predicted octanol–water partition coefficient (Wildman–Crippen LogP) is 5.40. The van der Waals surface area contributed by atoms with Crippen LogP contribution < -0.4 is 4.74 Å². The Morgan fingerprint density at radius 3 is 2.37 bits per heavy atom. The SMILES string of the molecule is C=C1C(c2ccc(OC3CCN(C4CCCC4)CC3)cc2)=CC(Cl)=CN1C. The summed E-state index contributed by atoms with van der Waals surface area (Å²) in [5.74, 6) is 0.954. The minimum atomic E-state index is 0.334. The molecule has 1 saturated heterocycles. The molecule has 1 aromatic rings. The largest absolute Gasteiger partial charge is 0.490 e. The normalized spacial score (nSPS) is 22.7. The van der Waals surface area contributed by atoms with E-state index in [1.807, 2.05) is 24.2 Å². The van der Waals surface area contributed by atoms with Crippen molar-refractivity contribution >= 4 is 17.2 Å². The average molecular weight is 385 g/mol. The number of likely N-dealkylation sites (tertiary alicyclic amines) is 1. The lowest BCUT2D eigenvalue weighted by atomic mass is 10.0. The minimum Gasteiger partial charge on any atom is -0.490 e. The highest BCUT2D eigenvalue weighted by molar-refractivity contribution is 6.32. The standard InChI is InChI=1S/C23H29ClN2O/c1-17-23(15-19(24)16-25(17)2)18-7-9-21(10-8-18)27-22-11-13-26(14-12-22)20-5-3-4-6-20/h7-10,15-16,20,22H,1,3-6,11-14H2,2H3. The monoisotopic (exact) mass is 384 g/mol. The molecule has 2 aliphatic heterocycles. The quantitative estimate of drug-likeness (QED) is 0.691. The van der Waals surface area contributed by atoms with E-state index in [0.29, 0.717) is 11.1 Å². The second kappa shape index (κ2) is 8.12. The molecule has 0 spiro atoms. The van der Waals surface area contributed by atoms with E-state index in [9.17, 15) is 0 Å². The lowest BCUT2D eigenvalue weighted by Crippen LogP contribution is -2.43. The van der Waals surface area contributed by atoms with Crippen LogP contribution in [0.4, 0.5) is 0 Å². The third-order valence-corrected chi connectivity index (χ3v) is 6.33. The Kier molecular flexibility index (Phi) is 5.60. The van der Waals surface area contributed by atoms with E-state index in [1.165, 1.54) is 38.8 Å². The van der Waals surface area contributed by atoms with E-state index < -0.39 is 0 Å². The number of nitrogens with zero attached hydrogens (tertiary/aromatic N) is 2. The van der Waals surface area contributed by atoms with Gasteiger partial charge in [-0.15, -0.1) is 0 Å². The lowest BCUT2D eigenvalue weighted by molar-refractivity contribution is 0.0768. The van der Waals surface area contributed by atoms with E-state index in [1.54, 1.807) is 0 Å². The first-order chi connectivity index (χ1) is 13.1. The van der Waals surface area contributed by atoms with Gasteiger partial charge in [0, 0.05) is 43.6 Å². The number of halogens is 1. The highest BCUT2D eigenvalue weighted by atomic mass is 35.5. The minimum absolute atomic E-state index is 0.334. The van der Waals surface area contributed by atoms with E-state index in [-0.39, 0.29) is 0 Å². The molecule has 4 rings (SSSR count). The second-order valence-electron chi connectivity index (χ2n) is 7.95. The van der Waals surface area contributed by atoms with Gasteiger partial charge in [0.15, 0.2) is 0 Å². The Morgan fingerprint density at radius 2 is 1.70 bits per heavy atom. The molecule has 0 amide bonds. The summed E-state index contributed by atoms with van der Waals surface area (Å²) in [6, 6.07) is 9.17. The van der Waals surface area contributed by atoms with Crippen LogP contribution in [-0.2, 0) is 0 Å².